The van der Waals surface area contributed by atoms with E-state index in [1.54, 1.807) is 29.0 Å². The van der Waals surface area contributed by atoms with Gasteiger partial charge in [0.15, 0.2) is 17.1 Å². The van der Waals surface area contributed by atoms with E-state index in [1.807, 2.05) is 12.1 Å². The third kappa shape index (κ3) is 4.76. The molecule has 0 aliphatic carbocycles. The smallest absolute Gasteiger partial charge is 0.278 e. The van der Waals surface area contributed by atoms with Crippen molar-refractivity contribution in [3.63, 3.8) is 0 Å². The molecular weight excluding hydrogens is 535 g/mol. The summed E-state index contributed by atoms with van der Waals surface area (Å²) in [7, 11) is 2.23. The number of benzene rings is 1. The largest absolute Gasteiger partial charge is 0.374 e. The average Bonchev–Trinajstić information content (AvgIpc) is 3.26. The molecule has 11 heteroatoms. The first-order valence-corrected chi connectivity index (χ1v) is 14.6. The number of alkyl halides is 1. The molecule has 6 heterocycles. The lowest BCUT2D eigenvalue weighted by Gasteiger charge is -2.44. The van der Waals surface area contributed by atoms with Crippen LogP contribution in [0, 0.1) is 11.8 Å². The Morgan fingerprint density at radius 1 is 1.10 bits per heavy atom. The number of rotatable bonds is 7. The van der Waals surface area contributed by atoms with Crippen LogP contribution in [-0.4, -0.2) is 75.7 Å². The Labute approximate surface area is 243 Å². The summed E-state index contributed by atoms with van der Waals surface area (Å²) in [5.74, 6) is 2.28. The fourth-order valence-corrected chi connectivity index (χ4v) is 6.47. The van der Waals surface area contributed by atoms with Gasteiger partial charge in [-0.05, 0) is 74.7 Å². The number of hydrogen-bond acceptors (Lipinski definition) is 8. The van der Waals surface area contributed by atoms with Gasteiger partial charge in [-0.2, -0.15) is 4.98 Å². The van der Waals surface area contributed by atoms with Gasteiger partial charge in [0.05, 0.1) is 25.5 Å². The summed E-state index contributed by atoms with van der Waals surface area (Å²) in [6, 6.07) is 13.4. The average molecular weight is 571 g/mol. The zero-order valence-corrected chi connectivity index (χ0v) is 23.7. The number of anilines is 3. The molecule has 3 saturated heterocycles. The number of fused-ring (bicyclic) bond motifs is 2. The van der Waals surface area contributed by atoms with Crippen molar-refractivity contribution in [3.05, 3.63) is 77.4 Å². The number of likely N-dealkylation sites (tertiary alicyclic amines) is 1. The molecule has 2 unspecified atom stereocenters. The molecule has 42 heavy (non-hydrogen) atoms. The predicted octanol–water partition coefficient (Wildman–Crippen LogP) is 3.88. The van der Waals surface area contributed by atoms with E-state index in [0.717, 1.165) is 30.6 Å². The molecule has 3 fully saturated rings. The minimum atomic E-state index is -1.64. The van der Waals surface area contributed by atoms with Gasteiger partial charge in [0.25, 0.3) is 5.56 Å². The maximum absolute atomic E-state index is 15.1. The summed E-state index contributed by atoms with van der Waals surface area (Å²) >= 11 is 0. The summed E-state index contributed by atoms with van der Waals surface area (Å²) in [4.78, 5) is 32.0. The van der Waals surface area contributed by atoms with Gasteiger partial charge in [0.2, 0.25) is 5.95 Å². The molecular formula is C31H35FN8O2. The number of ether oxygens (including phenoxy) is 1. The molecule has 1 N–H and O–H groups in total. The molecule has 3 aliphatic rings. The van der Waals surface area contributed by atoms with E-state index in [4.69, 9.17) is 9.72 Å². The van der Waals surface area contributed by atoms with Gasteiger partial charge in [-0.15, -0.1) is 6.58 Å². The van der Waals surface area contributed by atoms with Gasteiger partial charge >= 0.3 is 0 Å². The van der Waals surface area contributed by atoms with Crippen LogP contribution in [0.5, 0.6) is 0 Å². The molecule has 2 atom stereocenters. The van der Waals surface area contributed by atoms with E-state index in [-0.39, 0.29) is 31.0 Å². The van der Waals surface area contributed by atoms with Crippen molar-refractivity contribution in [3.8, 4) is 5.82 Å². The number of aromatic nitrogens is 5. The number of hydrogen-bond donors (Lipinski definition) is 1. The van der Waals surface area contributed by atoms with Crippen LogP contribution in [0.2, 0.25) is 0 Å². The molecule has 0 radical (unpaired) electrons. The molecule has 4 aromatic rings. The molecule has 218 valence electrons. The number of nitrogens with one attached hydrogen (secondary N) is 1. The van der Waals surface area contributed by atoms with Crippen molar-refractivity contribution in [1.29, 1.82) is 0 Å². The monoisotopic (exact) mass is 570 g/mol. The van der Waals surface area contributed by atoms with Crippen molar-refractivity contribution in [2.24, 2.45) is 11.8 Å². The molecule has 0 bridgehead atoms. The van der Waals surface area contributed by atoms with Crippen LogP contribution in [0.3, 0.4) is 0 Å². The first kappa shape index (κ1) is 26.8. The van der Waals surface area contributed by atoms with E-state index in [2.05, 4.69) is 50.8 Å². The zero-order chi connectivity index (χ0) is 28.8. The highest BCUT2D eigenvalue weighted by atomic mass is 19.1. The lowest BCUT2D eigenvalue weighted by Crippen LogP contribution is -2.48. The highest BCUT2D eigenvalue weighted by molar-refractivity contribution is 5.77. The standard InChI is InChI=1S/C31H35FN8O2/c1-3-13-39-29(41)25-16-33-30(36-28(25)40(39)27-6-4-5-26(35-27)31(32)19-42-20-31)34-23-7-9-24(10-8-23)38-15-12-21-17-37(2)14-11-22(21)18-38/h3-10,16,21-22H,1,11-15,17-20H2,2H3,(H,33,34,36). The summed E-state index contributed by atoms with van der Waals surface area (Å²) in [6.45, 7) is 8.51. The van der Waals surface area contributed by atoms with Gasteiger partial charge < -0.3 is 19.9 Å². The topological polar surface area (TPSA) is 93.3 Å². The first-order valence-electron chi connectivity index (χ1n) is 14.6. The minimum absolute atomic E-state index is 0.0408. The van der Waals surface area contributed by atoms with Crippen LogP contribution in [0.1, 0.15) is 18.5 Å². The maximum Gasteiger partial charge on any atom is 0.278 e. The fourth-order valence-electron chi connectivity index (χ4n) is 6.47. The normalized spacial score (nSPS) is 22.0. The Bertz CT molecular complexity index is 1680. The SMILES string of the molecule is C=CCn1c(=O)c2cnc(Nc3ccc(N4CCC5CN(C)CCC5C4)cc3)nc2n1-c1cccc(C2(F)COC2)n1. The minimum Gasteiger partial charge on any atom is -0.374 e. The Morgan fingerprint density at radius 2 is 1.88 bits per heavy atom. The molecule has 0 amide bonds. The highest BCUT2D eigenvalue weighted by Crippen LogP contribution is 2.34. The summed E-state index contributed by atoms with van der Waals surface area (Å²) in [5.41, 5.74) is 0.787. The summed E-state index contributed by atoms with van der Waals surface area (Å²) < 4.78 is 23.3. The second kappa shape index (κ2) is 10.6. The molecule has 7 rings (SSSR count). The number of pyridine rings is 1. The zero-order valence-electron chi connectivity index (χ0n) is 23.7. The molecule has 0 spiro atoms. The van der Waals surface area contributed by atoms with Crippen molar-refractivity contribution >= 4 is 28.4 Å². The Hall–Kier alpha value is -4.09. The van der Waals surface area contributed by atoms with Crippen LogP contribution >= 0.6 is 0 Å². The summed E-state index contributed by atoms with van der Waals surface area (Å²) in [6.07, 6.45) is 5.64. The maximum atomic E-state index is 15.1. The van der Waals surface area contributed by atoms with E-state index in [9.17, 15) is 4.79 Å². The second-order valence-electron chi connectivity index (χ2n) is 11.7. The first-order chi connectivity index (χ1) is 20.4. The van der Waals surface area contributed by atoms with Gasteiger partial charge in [0.1, 0.15) is 5.39 Å². The van der Waals surface area contributed by atoms with Crippen LogP contribution in [-0.2, 0) is 17.0 Å². The second-order valence-corrected chi connectivity index (χ2v) is 11.7. The van der Waals surface area contributed by atoms with Crippen LogP contribution in [0.25, 0.3) is 16.9 Å². The lowest BCUT2D eigenvalue weighted by molar-refractivity contribution is -0.137. The number of halogens is 1. The highest BCUT2D eigenvalue weighted by Gasteiger charge is 2.42. The van der Waals surface area contributed by atoms with Crippen LogP contribution in [0.15, 0.2) is 66.1 Å². The molecule has 3 aliphatic heterocycles. The Balaban J connectivity index is 1.16. The third-order valence-electron chi connectivity index (χ3n) is 8.86. The van der Waals surface area contributed by atoms with E-state index in [1.165, 1.54) is 42.5 Å². The van der Waals surface area contributed by atoms with Gasteiger partial charge in [0, 0.05) is 37.2 Å². The Kier molecular flexibility index (Phi) is 6.78. The van der Waals surface area contributed by atoms with Crippen molar-refractivity contribution in [2.75, 3.05) is 56.7 Å². The van der Waals surface area contributed by atoms with Gasteiger partial charge in [-0.3, -0.25) is 4.79 Å². The van der Waals surface area contributed by atoms with Crippen molar-refractivity contribution in [1.82, 2.24) is 29.2 Å². The van der Waals surface area contributed by atoms with Gasteiger partial charge in [-0.1, -0.05) is 12.1 Å². The van der Waals surface area contributed by atoms with Crippen molar-refractivity contribution < 1.29 is 9.13 Å². The van der Waals surface area contributed by atoms with Gasteiger partial charge in [-0.25, -0.2) is 23.7 Å². The molecule has 10 nitrogen and oxygen atoms in total. The predicted molar refractivity (Wildman–Crippen MR) is 160 cm³/mol. The summed E-state index contributed by atoms with van der Waals surface area (Å²) in [5, 5.41) is 3.62. The van der Waals surface area contributed by atoms with Crippen LogP contribution in [0.4, 0.5) is 21.7 Å². The molecule has 0 saturated carbocycles. The van der Waals surface area contributed by atoms with E-state index < -0.39 is 5.67 Å². The fraction of sp³-hybridized carbons (Fsp3) is 0.419. The van der Waals surface area contributed by atoms with E-state index >= 15 is 4.39 Å². The Morgan fingerprint density at radius 3 is 2.64 bits per heavy atom. The van der Waals surface area contributed by atoms with Crippen molar-refractivity contribution in [2.45, 2.75) is 25.1 Å². The lowest BCUT2D eigenvalue weighted by atomic mass is 9.80. The number of piperidine rings is 2. The number of nitrogens with zero attached hydrogens (tertiary/aromatic N) is 7. The number of allylic oxidation sites excluding steroid dienone is 1. The quantitative estimate of drug-likeness (QED) is 0.335. The molecule has 1 aromatic carbocycles. The van der Waals surface area contributed by atoms with Crippen LogP contribution < -0.4 is 15.8 Å². The molecule has 3 aromatic heterocycles. The third-order valence-corrected chi connectivity index (χ3v) is 8.86. The van der Waals surface area contributed by atoms with E-state index in [0.29, 0.717) is 22.8 Å².